The quantitative estimate of drug-likeness (QED) is 0.845. The Morgan fingerprint density at radius 1 is 1.15 bits per heavy atom. The van der Waals surface area contributed by atoms with Crippen molar-refractivity contribution in [3.63, 3.8) is 0 Å². The SMILES string of the molecule is Cc1cc(CNC(=O)C2CCN(C(=O)OC3CCCCC3)CC2)ccc1O. The molecule has 1 aromatic carbocycles. The van der Waals surface area contributed by atoms with Crippen LogP contribution in [0.25, 0.3) is 0 Å². The van der Waals surface area contributed by atoms with E-state index in [0.717, 1.165) is 36.8 Å². The lowest BCUT2D eigenvalue weighted by Crippen LogP contribution is -2.44. The molecule has 0 radical (unpaired) electrons. The molecule has 3 rings (SSSR count). The Bertz CT molecular complexity index is 662. The maximum atomic E-state index is 12.4. The van der Waals surface area contributed by atoms with E-state index in [2.05, 4.69) is 5.32 Å². The van der Waals surface area contributed by atoms with Crippen LogP contribution < -0.4 is 5.32 Å². The molecule has 1 saturated heterocycles. The van der Waals surface area contributed by atoms with Crippen LogP contribution in [0, 0.1) is 12.8 Å². The van der Waals surface area contributed by atoms with Gasteiger partial charge in [-0.2, -0.15) is 0 Å². The minimum Gasteiger partial charge on any atom is -0.508 e. The lowest BCUT2D eigenvalue weighted by Gasteiger charge is -2.32. The van der Waals surface area contributed by atoms with Crippen LogP contribution >= 0.6 is 0 Å². The van der Waals surface area contributed by atoms with Crippen molar-refractivity contribution in [3.8, 4) is 5.75 Å². The molecular formula is C21H30N2O4. The first-order valence-corrected chi connectivity index (χ1v) is 10.0. The van der Waals surface area contributed by atoms with E-state index in [1.807, 2.05) is 19.1 Å². The van der Waals surface area contributed by atoms with E-state index in [-0.39, 0.29) is 29.8 Å². The van der Waals surface area contributed by atoms with Crippen LogP contribution in [0.2, 0.25) is 0 Å². The van der Waals surface area contributed by atoms with Gasteiger partial charge in [-0.3, -0.25) is 4.79 Å². The fourth-order valence-electron chi connectivity index (χ4n) is 3.89. The van der Waals surface area contributed by atoms with Crippen molar-refractivity contribution >= 4 is 12.0 Å². The molecule has 1 aromatic rings. The molecule has 1 aliphatic carbocycles. The van der Waals surface area contributed by atoms with E-state index in [1.54, 1.807) is 11.0 Å². The number of piperidine rings is 1. The molecule has 0 spiro atoms. The summed E-state index contributed by atoms with van der Waals surface area (Å²) in [5.41, 5.74) is 1.76. The lowest BCUT2D eigenvalue weighted by molar-refractivity contribution is -0.126. The molecule has 0 aromatic heterocycles. The highest BCUT2D eigenvalue weighted by Crippen LogP contribution is 2.23. The molecule has 0 bridgehead atoms. The first kappa shape index (κ1) is 19.5. The second kappa shape index (κ2) is 9.11. The zero-order chi connectivity index (χ0) is 19.2. The van der Waals surface area contributed by atoms with E-state index in [1.165, 1.54) is 6.42 Å². The summed E-state index contributed by atoms with van der Waals surface area (Å²) in [7, 11) is 0. The largest absolute Gasteiger partial charge is 0.508 e. The molecule has 2 amide bonds. The van der Waals surface area contributed by atoms with Gasteiger partial charge in [-0.15, -0.1) is 0 Å². The normalized spacial score (nSPS) is 18.9. The summed E-state index contributed by atoms with van der Waals surface area (Å²) in [6, 6.07) is 5.33. The number of nitrogens with one attached hydrogen (secondary N) is 1. The first-order valence-electron chi connectivity index (χ1n) is 10.0. The predicted molar refractivity (Wildman–Crippen MR) is 102 cm³/mol. The minimum absolute atomic E-state index is 0.0287. The third kappa shape index (κ3) is 5.37. The standard InChI is InChI=1S/C21H30N2O4/c1-15-13-16(7-8-19(15)24)14-22-20(25)17-9-11-23(12-10-17)21(26)27-18-5-3-2-4-6-18/h7-8,13,17-18,24H,2-6,9-12,14H2,1H3,(H,22,25). The van der Waals surface area contributed by atoms with E-state index >= 15 is 0 Å². The number of hydrogen-bond donors (Lipinski definition) is 2. The maximum absolute atomic E-state index is 12.4. The Morgan fingerprint density at radius 3 is 2.52 bits per heavy atom. The second-order valence-corrected chi connectivity index (χ2v) is 7.74. The fourth-order valence-corrected chi connectivity index (χ4v) is 3.89. The van der Waals surface area contributed by atoms with Crippen molar-refractivity contribution < 1.29 is 19.4 Å². The van der Waals surface area contributed by atoms with Crippen LogP contribution in [-0.2, 0) is 16.1 Å². The van der Waals surface area contributed by atoms with E-state index < -0.39 is 0 Å². The van der Waals surface area contributed by atoms with E-state index in [0.29, 0.717) is 32.5 Å². The van der Waals surface area contributed by atoms with Crippen LogP contribution in [0.5, 0.6) is 5.75 Å². The fraction of sp³-hybridized carbons (Fsp3) is 0.619. The molecular weight excluding hydrogens is 344 g/mol. The number of aryl methyl sites for hydroxylation is 1. The Balaban J connectivity index is 1.40. The van der Waals surface area contributed by atoms with Crippen molar-refractivity contribution in [2.45, 2.75) is 64.5 Å². The summed E-state index contributed by atoms with van der Waals surface area (Å²) < 4.78 is 5.62. The van der Waals surface area contributed by atoms with Gasteiger partial charge in [0.1, 0.15) is 11.9 Å². The van der Waals surface area contributed by atoms with Gasteiger partial charge in [-0.1, -0.05) is 18.6 Å². The van der Waals surface area contributed by atoms with Gasteiger partial charge < -0.3 is 20.1 Å². The molecule has 6 heteroatoms. The Morgan fingerprint density at radius 2 is 1.85 bits per heavy atom. The number of carbonyl (C=O) groups is 2. The molecule has 1 aliphatic heterocycles. The molecule has 6 nitrogen and oxygen atoms in total. The van der Waals surface area contributed by atoms with Crippen LogP contribution in [0.4, 0.5) is 4.79 Å². The molecule has 2 fully saturated rings. The predicted octanol–water partition coefficient (Wildman–Crippen LogP) is 3.50. The monoisotopic (exact) mass is 374 g/mol. The van der Waals surface area contributed by atoms with E-state index in [9.17, 15) is 14.7 Å². The molecule has 1 saturated carbocycles. The number of phenolic OH excluding ortho intramolecular Hbond substituents is 1. The molecule has 2 N–H and O–H groups in total. The number of rotatable bonds is 4. The van der Waals surface area contributed by atoms with Gasteiger partial charge in [-0.25, -0.2) is 4.79 Å². The number of benzene rings is 1. The van der Waals surface area contributed by atoms with Gasteiger partial charge in [0.05, 0.1) is 0 Å². The summed E-state index contributed by atoms with van der Waals surface area (Å²) >= 11 is 0. The summed E-state index contributed by atoms with van der Waals surface area (Å²) in [4.78, 5) is 26.5. The van der Waals surface area contributed by atoms with Gasteiger partial charge in [0.2, 0.25) is 5.91 Å². The van der Waals surface area contributed by atoms with Crippen LogP contribution in [0.3, 0.4) is 0 Å². The Kier molecular flexibility index (Phi) is 6.58. The van der Waals surface area contributed by atoms with Gasteiger partial charge >= 0.3 is 6.09 Å². The third-order valence-corrected chi connectivity index (χ3v) is 5.67. The average molecular weight is 374 g/mol. The molecule has 2 aliphatic rings. The Hall–Kier alpha value is -2.24. The van der Waals surface area contributed by atoms with Crippen molar-refractivity contribution in [1.29, 1.82) is 0 Å². The zero-order valence-corrected chi connectivity index (χ0v) is 16.1. The number of phenols is 1. The smallest absolute Gasteiger partial charge is 0.410 e. The van der Waals surface area contributed by atoms with Crippen molar-refractivity contribution in [2.24, 2.45) is 5.92 Å². The zero-order valence-electron chi connectivity index (χ0n) is 16.1. The summed E-state index contributed by atoms with van der Waals surface area (Å²) in [6.45, 7) is 3.43. The van der Waals surface area contributed by atoms with E-state index in [4.69, 9.17) is 4.74 Å². The highest BCUT2D eigenvalue weighted by Gasteiger charge is 2.29. The average Bonchev–Trinajstić information content (AvgIpc) is 2.69. The lowest BCUT2D eigenvalue weighted by atomic mass is 9.96. The van der Waals surface area contributed by atoms with Crippen molar-refractivity contribution in [3.05, 3.63) is 29.3 Å². The first-order chi connectivity index (χ1) is 13.0. The summed E-state index contributed by atoms with van der Waals surface area (Å²) in [5.74, 6) is 0.223. The highest BCUT2D eigenvalue weighted by atomic mass is 16.6. The number of hydrogen-bond acceptors (Lipinski definition) is 4. The minimum atomic E-state index is -0.222. The van der Waals surface area contributed by atoms with Crippen LogP contribution in [-0.4, -0.2) is 41.2 Å². The van der Waals surface area contributed by atoms with Gasteiger partial charge in [0, 0.05) is 25.6 Å². The van der Waals surface area contributed by atoms with Gasteiger partial charge in [-0.05, 0) is 62.6 Å². The number of nitrogens with zero attached hydrogens (tertiary/aromatic N) is 1. The molecule has 1 heterocycles. The molecule has 27 heavy (non-hydrogen) atoms. The number of aromatic hydroxyl groups is 1. The van der Waals surface area contributed by atoms with Gasteiger partial charge in [0.15, 0.2) is 0 Å². The number of ether oxygens (including phenoxy) is 1. The molecule has 148 valence electrons. The van der Waals surface area contributed by atoms with Crippen LogP contribution in [0.1, 0.15) is 56.1 Å². The molecule has 0 unspecified atom stereocenters. The third-order valence-electron chi connectivity index (χ3n) is 5.67. The second-order valence-electron chi connectivity index (χ2n) is 7.74. The van der Waals surface area contributed by atoms with Crippen molar-refractivity contribution in [1.82, 2.24) is 10.2 Å². The summed E-state index contributed by atoms with van der Waals surface area (Å²) in [5, 5.41) is 12.5. The number of likely N-dealkylation sites (tertiary alicyclic amines) is 1. The highest BCUT2D eigenvalue weighted by molar-refractivity contribution is 5.79. The van der Waals surface area contributed by atoms with Crippen LogP contribution in [0.15, 0.2) is 18.2 Å². The van der Waals surface area contributed by atoms with Crippen molar-refractivity contribution in [2.75, 3.05) is 13.1 Å². The van der Waals surface area contributed by atoms with Gasteiger partial charge in [0.25, 0.3) is 0 Å². The topological polar surface area (TPSA) is 78.9 Å². The summed E-state index contributed by atoms with van der Waals surface area (Å²) in [6.07, 6.45) is 6.64. The number of amides is 2. The molecule has 0 atom stereocenters. The Labute approximate surface area is 160 Å². The number of carbonyl (C=O) groups excluding carboxylic acids is 2. The maximum Gasteiger partial charge on any atom is 0.410 e.